The van der Waals surface area contributed by atoms with Gasteiger partial charge in [-0.3, -0.25) is 4.79 Å². The van der Waals surface area contributed by atoms with E-state index in [0.717, 1.165) is 28.4 Å². The normalized spacial score (nSPS) is 11.8. The van der Waals surface area contributed by atoms with Crippen molar-refractivity contribution in [1.29, 1.82) is 0 Å². The number of carbonyl (C=O) groups excluding carboxylic acids is 1. The molecule has 2 aromatic rings. The van der Waals surface area contributed by atoms with Crippen LogP contribution in [0.5, 0.6) is 5.75 Å². The topological polar surface area (TPSA) is 38.3 Å². The molecule has 0 unspecified atom stereocenters. The monoisotopic (exact) mass is 369 g/mol. The Morgan fingerprint density at radius 3 is 2.50 bits per heavy atom. The fourth-order valence-electron chi connectivity index (χ4n) is 2.75. The molecule has 1 amide bonds. The highest BCUT2D eigenvalue weighted by molar-refractivity contribution is 7.99. The summed E-state index contributed by atoms with van der Waals surface area (Å²) in [7, 11) is 1.65. The van der Waals surface area contributed by atoms with E-state index < -0.39 is 0 Å². The van der Waals surface area contributed by atoms with Gasteiger partial charge >= 0.3 is 0 Å². The van der Waals surface area contributed by atoms with Crippen molar-refractivity contribution >= 4 is 17.7 Å². The van der Waals surface area contributed by atoms with E-state index in [-0.39, 0.29) is 11.9 Å². The number of nitrogens with one attached hydrogen (secondary N) is 1. The van der Waals surface area contributed by atoms with Gasteiger partial charge in [-0.15, -0.1) is 18.3 Å². The van der Waals surface area contributed by atoms with Crippen LogP contribution in [0.3, 0.4) is 0 Å². The van der Waals surface area contributed by atoms with Crippen LogP contribution in [0.15, 0.2) is 66.1 Å². The number of hydrogen-bond donors (Lipinski definition) is 1. The van der Waals surface area contributed by atoms with Gasteiger partial charge < -0.3 is 10.1 Å². The van der Waals surface area contributed by atoms with Crippen LogP contribution < -0.4 is 10.1 Å². The standard InChI is InChI=1S/C22H27NO2S/c1-5-14-26-21-9-7-6-8-19(21)22(24)23-20(15-16(2)3)17-10-12-18(25-4)13-11-17/h5-13,16,20H,1,14-15H2,2-4H3,(H,23,24)/t20-/m0/s1. The molecule has 0 spiro atoms. The van der Waals surface area contributed by atoms with Crippen LogP contribution in [0, 0.1) is 5.92 Å². The molecule has 26 heavy (non-hydrogen) atoms. The lowest BCUT2D eigenvalue weighted by atomic mass is 9.96. The minimum atomic E-state index is -0.0429. The number of methoxy groups -OCH3 is 1. The molecule has 0 aliphatic heterocycles. The van der Waals surface area contributed by atoms with Gasteiger partial charge in [-0.05, 0) is 42.2 Å². The van der Waals surface area contributed by atoms with E-state index >= 15 is 0 Å². The fourth-order valence-corrected chi connectivity index (χ4v) is 3.54. The number of amides is 1. The van der Waals surface area contributed by atoms with E-state index in [1.54, 1.807) is 18.9 Å². The van der Waals surface area contributed by atoms with Gasteiger partial charge in [-0.2, -0.15) is 0 Å². The second-order valence-electron chi connectivity index (χ2n) is 6.52. The molecular formula is C22H27NO2S. The Labute approximate surface area is 160 Å². The van der Waals surface area contributed by atoms with Crippen molar-refractivity contribution in [3.8, 4) is 5.75 Å². The average Bonchev–Trinajstić information content (AvgIpc) is 2.65. The van der Waals surface area contributed by atoms with Crippen LogP contribution in [0.4, 0.5) is 0 Å². The summed E-state index contributed by atoms with van der Waals surface area (Å²) in [4.78, 5) is 13.9. The van der Waals surface area contributed by atoms with E-state index in [1.165, 1.54) is 0 Å². The first-order valence-electron chi connectivity index (χ1n) is 8.82. The van der Waals surface area contributed by atoms with E-state index in [1.807, 2.05) is 54.6 Å². The zero-order valence-electron chi connectivity index (χ0n) is 15.7. The van der Waals surface area contributed by atoms with Gasteiger partial charge in [-0.25, -0.2) is 0 Å². The van der Waals surface area contributed by atoms with Gasteiger partial charge in [0.1, 0.15) is 5.75 Å². The van der Waals surface area contributed by atoms with Crippen molar-refractivity contribution in [2.24, 2.45) is 5.92 Å². The molecule has 0 bridgehead atoms. The summed E-state index contributed by atoms with van der Waals surface area (Å²) >= 11 is 1.62. The first kappa shape index (κ1) is 20.1. The van der Waals surface area contributed by atoms with Crippen LogP contribution in [-0.4, -0.2) is 18.8 Å². The van der Waals surface area contributed by atoms with Gasteiger partial charge in [0, 0.05) is 10.6 Å². The number of rotatable bonds is 9. The van der Waals surface area contributed by atoms with Crippen LogP contribution in [-0.2, 0) is 0 Å². The quantitative estimate of drug-likeness (QED) is 0.469. The van der Waals surface area contributed by atoms with Gasteiger partial charge in [0.05, 0.1) is 18.7 Å². The lowest BCUT2D eigenvalue weighted by Gasteiger charge is -2.22. The highest BCUT2D eigenvalue weighted by atomic mass is 32.2. The van der Waals surface area contributed by atoms with Crippen molar-refractivity contribution in [2.45, 2.75) is 31.2 Å². The third-order valence-electron chi connectivity index (χ3n) is 4.02. The van der Waals surface area contributed by atoms with Crippen molar-refractivity contribution in [2.75, 3.05) is 12.9 Å². The number of benzene rings is 2. The molecule has 0 aromatic heterocycles. The van der Waals surface area contributed by atoms with Gasteiger partial charge in [0.15, 0.2) is 0 Å². The summed E-state index contributed by atoms with van der Waals surface area (Å²) in [5.74, 6) is 2.01. The summed E-state index contributed by atoms with van der Waals surface area (Å²) in [5.41, 5.74) is 1.80. The molecule has 0 heterocycles. The maximum atomic E-state index is 12.9. The summed E-state index contributed by atoms with van der Waals surface area (Å²) < 4.78 is 5.24. The van der Waals surface area contributed by atoms with Crippen molar-refractivity contribution < 1.29 is 9.53 Å². The number of thioether (sulfide) groups is 1. The van der Waals surface area contributed by atoms with Gasteiger partial charge in [0.25, 0.3) is 5.91 Å². The second kappa shape index (κ2) is 10.1. The third-order valence-corrected chi connectivity index (χ3v) is 5.09. The van der Waals surface area contributed by atoms with E-state index in [9.17, 15) is 4.79 Å². The number of ether oxygens (including phenoxy) is 1. The van der Waals surface area contributed by atoms with E-state index in [0.29, 0.717) is 11.5 Å². The molecular weight excluding hydrogens is 342 g/mol. The maximum Gasteiger partial charge on any atom is 0.252 e. The molecule has 0 fully saturated rings. The average molecular weight is 370 g/mol. The van der Waals surface area contributed by atoms with Crippen molar-refractivity contribution in [1.82, 2.24) is 5.32 Å². The molecule has 0 saturated carbocycles. The molecule has 0 aliphatic carbocycles. The van der Waals surface area contributed by atoms with Gasteiger partial charge in [-0.1, -0.05) is 44.2 Å². The van der Waals surface area contributed by atoms with Crippen LogP contribution in [0.1, 0.15) is 42.2 Å². The first-order valence-corrected chi connectivity index (χ1v) is 9.81. The molecule has 138 valence electrons. The number of carbonyl (C=O) groups is 1. The van der Waals surface area contributed by atoms with Crippen LogP contribution in [0.2, 0.25) is 0 Å². The summed E-state index contributed by atoms with van der Waals surface area (Å²) in [6.45, 7) is 8.08. The minimum absolute atomic E-state index is 0.0362. The molecule has 3 nitrogen and oxygen atoms in total. The van der Waals surface area contributed by atoms with E-state index in [2.05, 4.69) is 25.7 Å². The third kappa shape index (κ3) is 5.67. The molecule has 2 rings (SSSR count). The Balaban J connectivity index is 2.22. The zero-order chi connectivity index (χ0) is 18.9. The highest BCUT2D eigenvalue weighted by Crippen LogP contribution is 2.26. The molecule has 4 heteroatoms. The summed E-state index contributed by atoms with van der Waals surface area (Å²) in [5, 5.41) is 3.22. The van der Waals surface area contributed by atoms with Crippen molar-refractivity contribution in [3.05, 3.63) is 72.3 Å². The molecule has 0 aliphatic rings. The van der Waals surface area contributed by atoms with Crippen LogP contribution >= 0.6 is 11.8 Å². The molecule has 0 radical (unpaired) electrons. The Bertz CT molecular complexity index is 725. The largest absolute Gasteiger partial charge is 0.497 e. The first-order chi connectivity index (χ1) is 12.5. The molecule has 2 aromatic carbocycles. The molecule has 0 saturated heterocycles. The smallest absolute Gasteiger partial charge is 0.252 e. The predicted octanol–water partition coefficient (Wildman–Crippen LogP) is 5.49. The highest BCUT2D eigenvalue weighted by Gasteiger charge is 2.19. The lowest BCUT2D eigenvalue weighted by Crippen LogP contribution is -2.30. The van der Waals surface area contributed by atoms with Crippen LogP contribution in [0.25, 0.3) is 0 Å². The molecule has 1 N–H and O–H groups in total. The summed E-state index contributed by atoms with van der Waals surface area (Å²) in [6, 6.07) is 15.6. The minimum Gasteiger partial charge on any atom is -0.497 e. The SMILES string of the molecule is C=CCSc1ccccc1C(=O)N[C@@H](CC(C)C)c1ccc(OC)cc1. The maximum absolute atomic E-state index is 12.9. The van der Waals surface area contributed by atoms with E-state index in [4.69, 9.17) is 4.74 Å². The molecule has 1 atom stereocenters. The summed E-state index contributed by atoms with van der Waals surface area (Å²) in [6.07, 6.45) is 2.72. The Kier molecular flexibility index (Phi) is 7.79. The second-order valence-corrected chi connectivity index (χ2v) is 7.59. The van der Waals surface area contributed by atoms with Gasteiger partial charge in [0.2, 0.25) is 0 Å². The Morgan fingerprint density at radius 1 is 1.19 bits per heavy atom. The number of hydrogen-bond acceptors (Lipinski definition) is 3. The lowest BCUT2D eigenvalue weighted by molar-refractivity contribution is 0.0929. The Morgan fingerprint density at radius 2 is 1.88 bits per heavy atom. The Hall–Kier alpha value is -2.20. The predicted molar refractivity (Wildman–Crippen MR) is 110 cm³/mol. The zero-order valence-corrected chi connectivity index (χ0v) is 16.5. The van der Waals surface area contributed by atoms with Crippen molar-refractivity contribution in [3.63, 3.8) is 0 Å². The fraction of sp³-hybridized carbons (Fsp3) is 0.318.